The predicted octanol–water partition coefficient (Wildman–Crippen LogP) is 0.801. The summed E-state index contributed by atoms with van der Waals surface area (Å²) in [7, 11) is 0. The third-order valence-electron chi connectivity index (χ3n) is 3.83. The van der Waals surface area contributed by atoms with Gasteiger partial charge in [0, 0.05) is 18.3 Å². The van der Waals surface area contributed by atoms with Crippen LogP contribution >= 0.6 is 0 Å². The Labute approximate surface area is 112 Å². The van der Waals surface area contributed by atoms with Gasteiger partial charge in [0.05, 0.1) is 0 Å². The lowest BCUT2D eigenvalue weighted by Crippen LogP contribution is -2.38. The number of aromatic nitrogens is 1. The van der Waals surface area contributed by atoms with Crippen LogP contribution in [0.3, 0.4) is 0 Å². The molecule has 0 radical (unpaired) electrons. The van der Waals surface area contributed by atoms with E-state index in [1.165, 1.54) is 0 Å². The number of hydrogen-bond donors (Lipinski definition) is 2. The van der Waals surface area contributed by atoms with E-state index in [0.717, 1.165) is 17.7 Å². The number of pyridine rings is 1. The Balaban J connectivity index is 2.33. The minimum Gasteiger partial charge on any atom is -0.335 e. The number of nitrogens with one attached hydrogen (secondary N) is 1. The highest BCUT2D eigenvalue weighted by Crippen LogP contribution is 2.24. The maximum atomic E-state index is 12.5. The molecule has 3 N–H and O–H groups in total. The molecule has 0 aliphatic carbocycles. The van der Waals surface area contributed by atoms with E-state index in [1.807, 2.05) is 19.9 Å². The van der Waals surface area contributed by atoms with Crippen molar-refractivity contribution in [3.63, 3.8) is 0 Å². The van der Waals surface area contributed by atoms with Crippen LogP contribution in [0.4, 0.5) is 0 Å². The molecule has 0 bridgehead atoms. The number of carbonyl (C=O) groups is 1. The Hall–Kier alpha value is -1.62. The summed E-state index contributed by atoms with van der Waals surface area (Å²) in [5, 5.41) is 0. The predicted molar refractivity (Wildman–Crippen MR) is 74.2 cm³/mol. The second kappa shape index (κ2) is 5.17. The zero-order valence-electron chi connectivity index (χ0n) is 11.7. The average molecular weight is 263 g/mol. The molecule has 1 saturated heterocycles. The van der Waals surface area contributed by atoms with Crippen LogP contribution in [0.5, 0.6) is 0 Å². The molecule has 104 valence electrons. The van der Waals surface area contributed by atoms with E-state index in [9.17, 15) is 9.59 Å². The van der Waals surface area contributed by atoms with Crippen LogP contribution in [-0.2, 0) is 0 Å². The van der Waals surface area contributed by atoms with Gasteiger partial charge in [0.15, 0.2) is 0 Å². The number of nitrogens with zero attached hydrogens (tertiary/aromatic N) is 1. The first-order valence-corrected chi connectivity index (χ1v) is 6.65. The number of nitrogens with two attached hydrogens (primary N) is 1. The van der Waals surface area contributed by atoms with Gasteiger partial charge in [0.1, 0.15) is 5.56 Å². The first-order chi connectivity index (χ1) is 8.93. The van der Waals surface area contributed by atoms with Gasteiger partial charge in [-0.25, -0.2) is 0 Å². The Morgan fingerprint density at radius 2 is 2.21 bits per heavy atom. The number of rotatable bonds is 2. The van der Waals surface area contributed by atoms with Crippen molar-refractivity contribution < 1.29 is 4.79 Å². The summed E-state index contributed by atoms with van der Waals surface area (Å²) in [6.45, 7) is 6.84. The summed E-state index contributed by atoms with van der Waals surface area (Å²) in [5.41, 5.74) is 7.13. The zero-order valence-corrected chi connectivity index (χ0v) is 11.7. The van der Waals surface area contributed by atoms with Crippen molar-refractivity contribution in [2.24, 2.45) is 11.7 Å². The maximum Gasteiger partial charge on any atom is 0.261 e. The third kappa shape index (κ3) is 2.56. The van der Waals surface area contributed by atoms with Crippen molar-refractivity contribution in [2.45, 2.75) is 33.2 Å². The Bertz CT molecular complexity index is 550. The fourth-order valence-electron chi connectivity index (χ4n) is 2.86. The molecule has 1 aliphatic rings. The number of aromatic amines is 1. The van der Waals surface area contributed by atoms with Crippen LogP contribution < -0.4 is 11.3 Å². The van der Waals surface area contributed by atoms with E-state index < -0.39 is 0 Å². The highest BCUT2D eigenvalue weighted by molar-refractivity contribution is 5.95. The smallest absolute Gasteiger partial charge is 0.261 e. The van der Waals surface area contributed by atoms with Crippen LogP contribution in [0.15, 0.2) is 10.9 Å². The third-order valence-corrected chi connectivity index (χ3v) is 3.83. The van der Waals surface area contributed by atoms with Gasteiger partial charge >= 0.3 is 0 Å². The van der Waals surface area contributed by atoms with Gasteiger partial charge in [-0.3, -0.25) is 9.59 Å². The van der Waals surface area contributed by atoms with E-state index in [4.69, 9.17) is 5.73 Å². The van der Waals surface area contributed by atoms with Gasteiger partial charge in [-0.2, -0.15) is 0 Å². The monoisotopic (exact) mass is 263 g/mol. The zero-order chi connectivity index (χ0) is 14.2. The average Bonchev–Trinajstić information content (AvgIpc) is 2.69. The molecule has 5 heteroatoms. The highest BCUT2D eigenvalue weighted by atomic mass is 16.2. The van der Waals surface area contributed by atoms with Gasteiger partial charge in [0.25, 0.3) is 11.5 Å². The maximum absolute atomic E-state index is 12.5. The van der Waals surface area contributed by atoms with Crippen molar-refractivity contribution >= 4 is 5.91 Å². The van der Waals surface area contributed by atoms with Gasteiger partial charge in [-0.05, 0) is 51.3 Å². The van der Waals surface area contributed by atoms with Crippen molar-refractivity contribution in [2.75, 3.05) is 13.1 Å². The molecular weight excluding hydrogens is 242 g/mol. The lowest BCUT2D eigenvalue weighted by atomic mass is 10.1. The number of likely N-dealkylation sites (tertiary alicyclic amines) is 1. The quantitative estimate of drug-likeness (QED) is 0.828. The summed E-state index contributed by atoms with van der Waals surface area (Å²) < 4.78 is 0. The van der Waals surface area contributed by atoms with Crippen molar-refractivity contribution in [1.29, 1.82) is 0 Å². The second-order valence-electron chi connectivity index (χ2n) is 5.48. The highest BCUT2D eigenvalue weighted by Gasteiger charge is 2.33. The van der Waals surface area contributed by atoms with Gasteiger partial charge in [-0.1, -0.05) is 0 Å². The van der Waals surface area contributed by atoms with E-state index >= 15 is 0 Å². The molecule has 2 heterocycles. The first-order valence-electron chi connectivity index (χ1n) is 6.65. The second-order valence-corrected chi connectivity index (χ2v) is 5.48. The van der Waals surface area contributed by atoms with Crippen LogP contribution in [0, 0.1) is 19.8 Å². The number of amides is 1. The van der Waals surface area contributed by atoms with E-state index in [2.05, 4.69) is 4.98 Å². The summed E-state index contributed by atoms with van der Waals surface area (Å²) >= 11 is 0. The lowest BCUT2D eigenvalue weighted by molar-refractivity contribution is 0.0741. The minimum atomic E-state index is -0.300. The molecule has 1 aromatic rings. The van der Waals surface area contributed by atoms with Crippen molar-refractivity contribution in [1.82, 2.24) is 9.88 Å². The molecule has 0 saturated carbocycles. The fraction of sp³-hybridized carbons (Fsp3) is 0.571. The first kappa shape index (κ1) is 13.8. The molecule has 5 nitrogen and oxygen atoms in total. The summed E-state index contributed by atoms with van der Waals surface area (Å²) in [5.74, 6) is 0.158. The molecule has 0 aromatic carbocycles. The summed E-state index contributed by atoms with van der Waals surface area (Å²) in [6.07, 6.45) is 0.908. The normalized spacial score (nSPS) is 22.8. The molecule has 0 spiro atoms. The minimum absolute atomic E-state index is 0.140. The number of aryl methyl sites for hydroxylation is 2. The Kier molecular flexibility index (Phi) is 3.75. The number of hydrogen-bond acceptors (Lipinski definition) is 3. The lowest BCUT2D eigenvalue weighted by Gasteiger charge is -2.22. The summed E-state index contributed by atoms with van der Waals surface area (Å²) in [6, 6.07) is 1.97. The molecule has 2 atom stereocenters. The van der Waals surface area contributed by atoms with Crippen molar-refractivity contribution in [3.8, 4) is 0 Å². The van der Waals surface area contributed by atoms with Gasteiger partial charge in [-0.15, -0.1) is 0 Å². The SMILES string of the molecule is Cc1cc(C)c(C(=O)N2CC(CN)CC2C)c(=O)[nH]1. The standard InChI is InChI=1S/C14H21N3O2/c1-8-4-9(2)16-13(18)12(8)14(19)17-7-11(6-15)5-10(17)3/h4,10-11H,5-7,15H2,1-3H3,(H,16,18). The Morgan fingerprint density at radius 3 is 2.74 bits per heavy atom. The fourth-order valence-corrected chi connectivity index (χ4v) is 2.86. The Morgan fingerprint density at radius 1 is 1.53 bits per heavy atom. The molecule has 2 unspecified atom stereocenters. The topological polar surface area (TPSA) is 79.2 Å². The summed E-state index contributed by atoms with van der Waals surface area (Å²) in [4.78, 5) is 29.0. The molecule has 1 aliphatic heterocycles. The van der Waals surface area contributed by atoms with Gasteiger partial charge < -0.3 is 15.6 Å². The van der Waals surface area contributed by atoms with E-state index in [0.29, 0.717) is 19.0 Å². The molecule has 1 amide bonds. The molecule has 2 rings (SSSR count). The molecule has 19 heavy (non-hydrogen) atoms. The molecule has 1 fully saturated rings. The van der Waals surface area contributed by atoms with Crippen molar-refractivity contribution in [3.05, 3.63) is 33.2 Å². The van der Waals surface area contributed by atoms with Crippen LogP contribution in [0.25, 0.3) is 0 Å². The van der Waals surface area contributed by atoms with Gasteiger partial charge in [0.2, 0.25) is 0 Å². The number of H-pyrrole nitrogens is 1. The molecule has 1 aromatic heterocycles. The molecular formula is C14H21N3O2. The van der Waals surface area contributed by atoms with Crippen LogP contribution in [-0.4, -0.2) is 34.9 Å². The van der Waals surface area contributed by atoms with Crippen LogP contribution in [0.2, 0.25) is 0 Å². The van der Waals surface area contributed by atoms with E-state index in [-0.39, 0.29) is 23.1 Å². The largest absolute Gasteiger partial charge is 0.335 e. The number of carbonyl (C=O) groups excluding carboxylic acids is 1. The van der Waals surface area contributed by atoms with E-state index in [1.54, 1.807) is 11.8 Å². The van der Waals surface area contributed by atoms with Crippen LogP contribution in [0.1, 0.15) is 35.0 Å².